The van der Waals surface area contributed by atoms with E-state index in [0.717, 1.165) is 31.5 Å². The fourth-order valence-electron chi connectivity index (χ4n) is 2.64. The van der Waals surface area contributed by atoms with Crippen LogP contribution in [0, 0.1) is 11.8 Å². The van der Waals surface area contributed by atoms with Crippen LogP contribution < -0.4 is 0 Å². The molecular weight excluding hydrogens is 226 g/mol. The molecule has 4 heteroatoms. The molecule has 1 N–H and O–H groups in total. The van der Waals surface area contributed by atoms with E-state index >= 15 is 0 Å². The molecule has 0 atom stereocenters. The Morgan fingerprint density at radius 1 is 1.22 bits per heavy atom. The summed E-state index contributed by atoms with van der Waals surface area (Å²) in [4.78, 5) is 0. The molecule has 0 aromatic carbocycles. The second kappa shape index (κ2) is 6.32. The summed E-state index contributed by atoms with van der Waals surface area (Å²) in [6, 6.07) is 0. The van der Waals surface area contributed by atoms with Gasteiger partial charge in [-0.05, 0) is 31.1 Å². The molecule has 0 aliphatic rings. The van der Waals surface area contributed by atoms with Crippen LogP contribution in [0.2, 0.25) is 0 Å². The maximum atomic E-state index is 11.0. The molecule has 0 fully saturated rings. The first-order chi connectivity index (χ1) is 8.39. The summed E-state index contributed by atoms with van der Waals surface area (Å²) >= 11 is 0. The van der Waals surface area contributed by atoms with Crippen LogP contribution in [0.4, 0.5) is 0 Å². The molecule has 0 saturated carbocycles. The molecule has 18 heavy (non-hydrogen) atoms. The van der Waals surface area contributed by atoms with E-state index in [1.165, 1.54) is 0 Å². The predicted octanol–water partition coefficient (Wildman–Crippen LogP) is 2.97. The van der Waals surface area contributed by atoms with Crippen molar-refractivity contribution in [2.75, 3.05) is 0 Å². The smallest absolute Gasteiger partial charge is 0.108 e. The zero-order valence-electron chi connectivity index (χ0n) is 12.3. The quantitative estimate of drug-likeness (QED) is 0.812. The Hall–Kier alpha value is -0.900. The molecule has 0 aliphatic carbocycles. The highest BCUT2D eigenvalue weighted by molar-refractivity contribution is 5.08. The lowest BCUT2D eigenvalue weighted by Gasteiger charge is -2.31. The van der Waals surface area contributed by atoms with Crippen molar-refractivity contribution in [1.82, 2.24) is 15.0 Å². The number of aryl methyl sites for hydroxylation is 1. The van der Waals surface area contributed by atoms with Crippen LogP contribution >= 0.6 is 0 Å². The number of aromatic nitrogens is 3. The predicted molar refractivity (Wildman–Crippen MR) is 73.1 cm³/mol. The zero-order chi connectivity index (χ0) is 13.8. The first-order valence-corrected chi connectivity index (χ1v) is 7.00. The van der Waals surface area contributed by atoms with Crippen molar-refractivity contribution < 1.29 is 5.11 Å². The molecule has 0 unspecified atom stereocenters. The van der Waals surface area contributed by atoms with E-state index in [4.69, 9.17) is 0 Å². The van der Waals surface area contributed by atoms with Crippen LogP contribution in [0.25, 0.3) is 0 Å². The number of hydrogen-bond donors (Lipinski definition) is 1. The highest BCUT2D eigenvalue weighted by Crippen LogP contribution is 2.34. The summed E-state index contributed by atoms with van der Waals surface area (Å²) in [5, 5.41) is 19.1. The molecule has 0 spiro atoms. The van der Waals surface area contributed by atoms with E-state index in [0.29, 0.717) is 11.8 Å². The fraction of sp³-hybridized carbons (Fsp3) is 0.857. The van der Waals surface area contributed by atoms with Gasteiger partial charge in [0.2, 0.25) is 0 Å². The number of nitrogens with zero attached hydrogens (tertiary/aromatic N) is 3. The van der Waals surface area contributed by atoms with Crippen molar-refractivity contribution >= 4 is 0 Å². The van der Waals surface area contributed by atoms with Crippen molar-refractivity contribution in [2.45, 2.75) is 66.0 Å². The van der Waals surface area contributed by atoms with Gasteiger partial charge in [-0.2, -0.15) is 0 Å². The van der Waals surface area contributed by atoms with Crippen molar-refractivity contribution in [3.8, 4) is 0 Å². The molecule has 1 rings (SSSR count). The SMILES string of the molecule is CCCn1nncc1C(O)(CC(C)C)CC(C)C. The van der Waals surface area contributed by atoms with Gasteiger partial charge in [-0.3, -0.25) is 0 Å². The Balaban J connectivity index is 3.04. The van der Waals surface area contributed by atoms with Crippen LogP contribution in [0.15, 0.2) is 6.20 Å². The van der Waals surface area contributed by atoms with E-state index in [-0.39, 0.29) is 0 Å². The van der Waals surface area contributed by atoms with E-state index in [1.54, 1.807) is 6.20 Å². The van der Waals surface area contributed by atoms with Gasteiger partial charge in [0.05, 0.1) is 11.9 Å². The van der Waals surface area contributed by atoms with Gasteiger partial charge in [0.25, 0.3) is 0 Å². The van der Waals surface area contributed by atoms with Crippen LogP contribution in [0.1, 0.15) is 59.6 Å². The van der Waals surface area contributed by atoms with Gasteiger partial charge in [0.15, 0.2) is 0 Å². The van der Waals surface area contributed by atoms with E-state index in [1.807, 2.05) is 4.68 Å². The Bertz CT molecular complexity index is 348. The molecular formula is C14H27N3O. The molecule has 1 aromatic heterocycles. The van der Waals surface area contributed by atoms with Crippen molar-refractivity contribution in [3.05, 3.63) is 11.9 Å². The Morgan fingerprint density at radius 2 is 1.78 bits per heavy atom. The summed E-state index contributed by atoms with van der Waals surface area (Å²) in [5.41, 5.74) is 0.0628. The molecule has 0 bridgehead atoms. The van der Waals surface area contributed by atoms with E-state index < -0.39 is 5.60 Å². The second-order valence-corrected chi connectivity index (χ2v) is 6.07. The van der Waals surface area contributed by atoms with Gasteiger partial charge in [0, 0.05) is 6.54 Å². The minimum absolute atomic E-state index is 0.443. The topological polar surface area (TPSA) is 50.9 Å². The van der Waals surface area contributed by atoms with Crippen molar-refractivity contribution in [2.24, 2.45) is 11.8 Å². The van der Waals surface area contributed by atoms with Crippen LogP contribution in [-0.4, -0.2) is 20.1 Å². The molecule has 104 valence electrons. The molecule has 0 saturated heterocycles. The third-order valence-corrected chi connectivity index (χ3v) is 3.02. The largest absolute Gasteiger partial charge is 0.383 e. The van der Waals surface area contributed by atoms with Crippen LogP contribution in [-0.2, 0) is 12.1 Å². The third kappa shape index (κ3) is 3.80. The maximum Gasteiger partial charge on any atom is 0.108 e. The molecule has 0 aliphatic heterocycles. The minimum atomic E-state index is -0.805. The van der Waals surface area contributed by atoms with Gasteiger partial charge in [-0.15, -0.1) is 5.10 Å². The Morgan fingerprint density at radius 3 is 2.22 bits per heavy atom. The average molecular weight is 253 g/mol. The number of aliphatic hydroxyl groups is 1. The molecule has 0 radical (unpaired) electrons. The summed E-state index contributed by atoms with van der Waals surface area (Å²) in [5.74, 6) is 0.887. The summed E-state index contributed by atoms with van der Waals surface area (Å²) in [7, 11) is 0. The standard InChI is InChI=1S/C14H27N3O/c1-6-7-17-13(10-15-16-17)14(18,8-11(2)3)9-12(4)5/h10-12,18H,6-9H2,1-5H3. The molecule has 1 aromatic rings. The molecule has 0 amide bonds. The summed E-state index contributed by atoms with van der Waals surface area (Å²) in [6.45, 7) is 11.5. The third-order valence-electron chi connectivity index (χ3n) is 3.02. The Kier molecular flexibility index (Phi) is 5.32. The highest BCUT2D eigenvalue weighted by atomic mass is 16.3. The average Bonchev–Trinajstić information content (AvgIpc) is 2.64. The van der Waals surface area contributed by atoms with Crippen LogP contribution in [0.5, 0.6) is 0 Å². The lowest BCUT2D eigenvalue weighted by molar-refractivity contribution is -0.0126. The van der Waals surface area contributed by atoms with Gasteiger partial charge in [-0.25, -0.2) is 4.68 Å². The zero-order valence-corrected chi connectivity index (χ0v) is 12.3. The summed E-state index contributed by atoms with van der Waals surface area (Å²) in [6.07, 6.45) is 4.22. The number of rotatable bonds is 7. The minimum Gasteiger partial charge on any atom is -0.383 e. The van der Waals surface area contributed by atoms with Crippen molar-refractivity contribution in [3.63, 3.8) is 0 Å². The lowest BCUT2D eigenvalue weighted by Crippen LogP contribution is -2.32. The second-order valence-electron chi connectivity index (χ2n) is 6.07. The van der Waals surface area contributed by atoms with E-state index in [9.17, 15) is 5.11 Å². The Labute approximate surface area is 110 Å². The van der Waals surface area contributed by atoms with Gasteiger partial charge >= 0.3 is 0 Å². The van der Waals surface area contributed by atoms with Gasteiger partial charge in [-0.1, -0.05) is 39.8 Å². The molecule has 4 nitrogen and oxygen atoms in total. The van der Waals surface area contributed by atoms with E-state index in [2.05, 4.69) is 44.9 Å². The summed E-state index contributed by atoms with van der Waals surface area (Å²) < 4.78 is 1.85. The fourth-order valence-corrected chi connectivity index (χ4v) is 2.64. The van der Waals surface area contributed by atoms with Gasteiger partial charge in [0.1, 0.15) is 5.60 Å². The first kappa shape index (κ1) is 15.2. The molecule has 1 heterocycles. The number of hydrogen-bond acceptors (Lipinski definition) is 3. The maximum absolute atomic E-state index is 11.0. The lowest BCUT2D eigenvalue weighted by atomic mass is 9.82. The monoisotopic (exact) mass is 253 g/mol. The van der Waals surface area contributed by atoms with Gasteiger partial charge < -0.3 is 5.11 Å². The van der Waals surface area contributed by atoms with Crippen LogP contribution in [0.3, 0.4) is 0 Å². The highest BCUT2D eigenvalue weighted by Gasteiger charge is 2.34. The first-order valence-electron chi connectivity index (χ1n) is 7.00. The van der Waals surface area contributed by atoms with Crippen molar-refractivity contribution in [1.29, 1.82) is 0 Å². The normalized spacial score (nSPS) is 12.7.